The van der Waals surface area contributed by atoms with Gasteiger partial charge < -0.3 is 9.05 Å². The highest BCUT2D eigenvalue weighted by Crippen LogP contribution is 2.50. The SMILES string of the molecule is Cc1cc(C(C)(C)C)c2cc1Cc1cc(c(C(C)(C)C)cc1C)OP(=O)(O)O2. The fourth-order valence-electron chi connectivity index (χ4n) is 3.64. The lowest BCUT2D eigenvalue weighted by atomic mass is 9.82. The molecule has 0 spiro atoms. The van der Waals surface area contributed by atoms with E-state index in [1.165, 1.54) is 0 Å². The molecule has 4 bridgehead atoms. The van der Waals surface area contributed by atoms with Gasteiger partial charge in [0.1, 0.15) is 11.5 Å². The minimum absolute atomic E-state index is 0.233. The highest BCUT2D eigenvalue weighted by Gasteiger charge is 2.33. The van der Waals surface area contributed by atoms with Crippen molar-refractivity contribution < 1.29 is 18.5 Å². The summed E-state index contributed by atoms with van der Waals surface area (Å²) >= 11 is 0. The Hall–Kier alpha value is -1.77. The molecule has 1 aliphatic heterocycles. The minimum Gasteiger partial charge on any atom is -0.395 e. The van der Waals surface area contributed by atoms with Gasteiger partial charge in [0.2, 0.25) is 0 Å². The summed E-state index contributed by atoms with van der Waals surface area (Å²) in [6, 6.07) is 7.91. The van der Waals surface area contributed by atoms with Crippen LogP contribution in [0.5, 0.6) is 11.5 Å². The molecule has 0 saturated heterocycles. The van der Waals surface area contributed by atoms with E-state index in [4.69, 9.17) is 9.05 Å². The molecule has 5 heteroatoms. The van der Waals surface area contributed by atoms with E-state index in [0.29, 0.717) is 11.5 Å². The van der Waals surface area contributed by atoms with Crippen molar-refractivity contribution in [3.8, 4) is 11.5 Å². The molecule has 28 heavy (non-hydrogen) atoms. The van der Waals surface area contributed by atoms with Gasteiger partial charge in [0.15, 0.2) is 0 Å². The van der Waals surface area contributed by atoms with Crippen molar-refractivity contribution in [3.05, 3.63) is 57.6 Å². The molecule has 0 atom stereocenters. The van der Waals surface area contributed by atoms with E-state index in [1.54, 1.807) is 0 Å². The van der Waals surface area contributed by atoms with Gasteiger partial charge in [-0.05, 0) is 65.5 Å². The predicted molar refractivity (Wildman–Crippen MR) is 114 cm³/mol. The van der Waals surface area contributed by atoms with Crippen molar-refractivity contribution in [2.24, 2.45) is 0 Å². The van der Waals surface area contributed by atoms with Crippen molar-refractivity contribution in [2.75, 3.05) is 0 Å². The van der Waals surface area contributed by atoms with Gasteiger partial charge in [0.25, 0.3) is 0 Å². The van der Waals surface area contributed by atoms with Crippen LogP contribution in [-0.2, 0) is 21.8 Å². The van der Waals surface area contributed by atoms with E-state index in [2.05, 4.69) is 67.5 Å². The Bertz CT molecular complexity index is 902. The molecule has 0 fully saturated rings. The maximum Gasteiger partial charge on any atom is 0.584 e. The van der Waals surface area contributed by atoms with E-state index in [-0.39, 0.29) is 10.8 Å². The number of aryl methyl sites for hydroxylation is 2. The van der Waals surface area contributed by atoms with Gasteiger partial charge in [-0.15, -0.1) is 0 Å². The molecular weight excluding hydrogens is 371 g/mol. The van der Waals surface area contributed by atoms with Crippen molar-refractivity contribution >= 4 is 7.82 Å². The smallest absolute Gasteiger partial charge is 0.395 e. The standard InChI is InChI=1S/C23H31O4P/c1-14-9-18(22(3,4)5)20-12-16(14)11-17-13-21(27-28(24,25)26-20)19(10-15(17)2)23(6,7)8/h9-10,12-13H,11H2,1-8H3,(H,24,25). The van der Waals surface area contributed by atoms with Gasteiger partial charge in [-0.3, -0.25) is 4.89 Å². The Morgan fingerprint density at radius 3 is 1.46 bits per heavy atom. The number of phosphoric acid groups is 1. The van der Waals surface area contributed by atoms with Crippen LogP contribution in [0.1, 0.15) is 74.9 Å². The maximum absolute atomic E-state index is 12.9. The third kappa shape index (κ3) is 4.14. The van der Waals surface area contributed by atoms with Gasteiger partial charge in [-0.1, -0.05) is 53.7 Å². The third-order valence-corrected chi connectivity index (χ3v) is 6.16. The second kappa shape index (κ2) is 6.64. The molecule has 2 aromatic rings. The molecule has 152 valence electrons. The molecule has 0 saturated carbocycles. The van der Waals surface area contributed by atoms with Crippen LogP contribution in [0.15, 0.2) is 24.3 Å². The monoisotopic (exact) mass is 402 g/mol. The molecule has 1 heterocycles. The van der Waals surface area contributed by atoms with Crippen LogP contribution in [0.3, 0.4) is 0 Å². The fraction of sp³-hybridized carbons (Fsp3) is 0.478. The summed E-state index contributed by atoms with van der Waals surface area (Å²) in [5.74, 6) is 0.832. The van der Waals surface area contributed by atoms with Gasteiger partial charge >= 0.3 is 7.82 Å². The average Bonchev–Trinajstić information content (AvgIpc) is 2.49. The van der Waals surface area contributed by atoms with Crippen LogP contribution in [-0.4, -0.2) is 4.89 Å². The van der Waals surface area contributed by atoms with Crippen LogP contribution in [0, 0.1) is 13.8 Å². The first-order valence-corrected chi connectivity index (χ1v) is 11.2. The van der Waals surface area contributed by atoms with Crippen molar-refractivity contribution in [3.63, 3.8) is 0 Å². The average molecular weight is 402 g/mol. The largest absolute Gasteiger partial charge is 0.584 e. The zero-order valence-corrected chi connectivity index (χ0v) is 19.0. The molecule has 0 aliphatic carbocycles. The number of hydrogen-bond acceptors (Lipinski definition) is 3. The first-order valence-electron chi connectivity index (χ1n) is 9.67. The predicted octanol–water partition coefficient (Wildman–Crippen LogP) is 6.36. The topological polar surface area (TPSA) is 55.8 Å². The first kappa shape index (κ1) is 21.0. The second-order valence-electron chi connectivity index (χ2n) is 9.88. The van der Waals surface area contributed by atoms with E-state index in [1.807, 2.05) is 12.1 Å². The normalized spacial score (nSPS) is 16.2. The molecular formula is C23H31O4P. The lowest BCUT2D eigenvalue weighted by molar-refractivity contribution is 0.285. The lowest BCUT2D eigenvalue weighted by Crippen LogP contribution is -2.17. The Labute approximate surface area is 168 Å². The Morgan fingerprint density at radius 1 is 0.786 bits per heavy atom. The summed E-state index contributed by atoms with van der Waals surface area (Å²) in [5.41, 5.74) is 5.78. The molecule has 3 rings (SSSR count). The van der Waals surface area contributed by atoms with Crippen molar-refractivity contribution in [2.45, 2.75) is 72.6 Å². The van der Waals surface area contributed by atoms with Crippen LogP contribution in [0.25, 0.3) is 0 Å². The summed E-state index contributed by atoms with van der Waals surface area (Å²) in [7, 11) is -4.35. The summed E-state index contributed by atoms with van der Waals surface area (Å²) in [5, 5.41) is 0. The van der Waals surface area contributed by atoms with Gasteiger partial charge in [-0.25, -0.2) is 4.57 Å². The van der Waals surface area contributed by atoms with Crippen LogP contribution in [0.2, 0.25) is 0 Å². The Kier molecular flexibility index (Phi) is 4.97. The highest BCUT2D eigenvalue weighted by atomic mass is 31.2. The van der Waals surface area contributed by atoms with Gasteiger partial charge in [0.05, 0.1) is 0 Å². The molecule has 1 N–H and O–H groups in total. The number of rotatable bonds is 0. The molecule has 0 amide bonds. The van der Waals surface area contributed by atoms with E-state index in [9.17, 15) is 9.46 Å². The molecule has 2 aromatic carbocycles. The fourth-order valence-corrected chi connectivity index (χ4v) is 4.47. The quantitative estimate of drug-likeness (QED) is 0.521. The summed E-state index contributed by atoms with van der Waals surface area (Å²) in [6.45, 7) is 16.5. The van der Waals surface area contributed by atoms with Crippen LogP contribution < -0.4 is 9.05 Å². The molecule has 0 unspecified atom stereocenters. The second-order valence-corrected chi connectivity index (χ2v) is 11.2. The Balaban J connectivity index is 2.27. The first-order chi connectivity index (χ1) is 12.7. The molecule has 0 aromatic heterocycles. The number of phosphoric ester groups is 1. The van der Waals surface area contributed by atoms with Gasteiger partial charge in [-0.2, -0.15) is 0 Å². The summed E-state index contributed by atoms with van der Waals surface area (Å²) in [6.07, 6.45) is 0.717. The zero-order valence-electron chi connectivity index (χ0n) is 18.1. The van der Waals surface area contributed by atoms with Crippen molar-refractivity contribution in [1.29, 1.82) is 0 Å². The molecule has 1 aliphatic rings. The zero-order chi connectivity index (χ0) is 21.1. The maximum atomic E-state index is 12.9. The van der Waals surface area contributed by atoms with Crippen LogP contribution in [0.4, 0.5) is 0 Å². The lowest BCUT2D eigenvalue weighted by Gasteiger charge is -2.29. The number of benzene rings is 2. The summed E-state index contributed by atoms with van der Waals surface area (Å²) < 4.78 is 24.2. The highest BCUT2D eigenvalue weighted by molar-refractivity contribution is 7.48. The number of fused-ring (bicyclic) bond motifs is 4. The molecule has 0 radical (unpaired) electrons. The minimum atomic E-state index is -4.35. The third-order valence-electron chi connectivity index (χ3n) is 5.30. The van der Waals surface area contributed by atoms with E-state index < -0.39 is 7.82 Å². The summed E-state index contributed by atoms with van der Waals surface area (Å²) in [4.78, 5) is 10.6. The molecule has 4 nitrogen and oxygen atoms in total. The van der Waals surface area contributed by atoms with E-state index in [0.717, 1.165) is 39.8 Å². The van der Waals surface area contributed by atoms with E-state index >= 15 is 0 Å². The van der Waals surface area contributed by atoms with Gasteiger partial charge in [0, 0.05) is 11.1 Å². The Morgan fingerprint density at radius 2 is 1.14 bits per heavy atom. The van der Waals surface area contributed by atoms with Crippen molar-refractivity contribution in [1.82, 2.24) is 0 Å². The number of hydrogen-bond donors (Lipinski definition) is 1. The van der Waals surface area contributed by atoms with Crippen LogP contribution >= 0.6 is 7.82 Å².